The van der Waals surface area contributed by atoms with Crippen LogP contribution in [0.4, 0.5) is 5.69 Å². The molecule has 2 rings (SSSR count). The summed E-state index contributed by atoms with van der Waals surface area (Å²) in [6, 6.07) is 6.56. The van der Waals surface area contributed by atoms with E-state index in [0.29, 0.717) is 0 Å². The normalized spacial score (nSPS) is 18.4. The molecule has 1 aliphatic heterocycles. The number of anilines is 1. The largest absolute Gasteiger partial charge is 0.336 e. The SMILES string of the molecule is CCc1cccc(C(C)(C)C)c1N1C=CC=CC1C=N. The summed E-state index contributed by atoms with van der Waals surface area (Å²) in [4.78, 5) is 2.21. The number of rotatable bonds is 3. The Kier molecular flexibility index (Phi) is 4.12. The van der Waals surface area contributed by atoms with Crippen molar-refractivity contribution in [1.82, 2.24) is 0 Å². The zero-order chi connectivity index (χ0) is 14.8. The van der Waals surface area contributed by atoms with Crippen LogP contribution >= 0.6 is 0 Å². The highest BCUT2D eigenvalue weighted by Crippen LogP contribution is 2.36. The number of para-hydroxylation sites is 1. The summed E-state index contributed by atoms with van der Waals surface area (Å²) in [5, 5.41) is 7.68. The van der Waals surface area contributed by atoms with Gasteiger partial charge >= 0.3 is 0 Å². The van der Waals surface area contributed by atoms with Gasteiger partial charge in [-0.25, -0.2) is 0 Å². The van der Waals surface area contributed by atoms with Crippen LogP contribution in [0.25, 0.3) is 0 Å². The maximum Gasteiger partial charge on any atom is 0.0867 e. The molecule has 0 saturated carbocycles. The van der Waals surface area contributed by atoms with Gasteiger partial charge in [0, 0.05) is 18.1 Å². The number of benzene rings is 1. The molecule has 106 valence electrons. The maximum atomic E-state index is 7.68. The standard InChI is InChI=1S/C18H24N2/c1-5-14-9-8-11-16(18(2,3)4)17(14)20-12-7-6-10-15(20)13-19/h6-13,15,19H,5H2,1-4H3. The Hall–Kier alpha value is -1.83. The van der Waals surface area contributed by atoms with Crippen molar-refractivity contribution in [2.45, 2.75) is 45.6 Å². The van der Waals surface area contributed by atoms with E-state index in [1.807, 2.05) is 12.2 Å². The Bertz CT molecular complexity index is 547. The number of allylic oxidation sites excluding steroid dienone is 2. The van der Waals surface area contributed by atoms with Crippen molar-refractivity contribution in [2.75, 3.05) is 4.90 Å². The first-order valence-electron chi connectivity index (χ1n) is 7.25. The third kappa shape index (κ3) is 2.69. The first kappa shape index (κ1) is 14.6. The number of aryl methyl sites for hydroxylation is 1. The molecule has 1 aliphatic rings. The third-order valence-electron chi connectivity index (χ3n) is 3.72. The number of nitrogens with one attached hydrogen (secondary N) is 1. The van der Waals surface area contributed by atoms with Gasteiger partial charge in [0.2, 0.25) is 0 Å². The van der Waals surface area contributed by atoms with Crippen LogP contribution in [-0.4, -0.2) is 12.3 Å². The Balaban J connectivity index is 2.62. The molecule has 1 N–H and O–H groups in total. The van der Waals surface area contributed by atoms with Crippen LogP contribution in [0.5, 0.6) is 0 Å². The van der Waals surface area contributed by atoms with Crippen LogP contribution in [0.3, 0.4) is 0 Å². The van der Waals surface area contributed by atoms with Gasteiger partial charge in [0.1, 0.15) is 0 Å². The molecule has 0 amide bonds. The highest BCUT2D eigenvalue weighted by atomic mass is 15.2. The highest BCUT2D eigenvalue weighted by Gasteiger charge is 2.25. The fraction of sp³-hybridized carbons (Fsp3) is 0.389. The lowest BCUT2D eigenvalue weighted by Gasteiger charge is -2.35. The zero-order valence-corrected chi connectivity index (χ0v) is 12.9. The van der Waals surface area contributed by atoms with Crippen molar-refractivity contribution in [3.63, 3.8) is 0 Å². The summed E-state index contributed by atoms with van der Waals surface area (Å²) in [7, 11) is 0. The first-order valence-corrected chi connectivity index (χ1v) is 7.25. The van der Waals surface area contributed by atoms with Crippen molar-refractivity contribution in [3.8, 4) is 0 Å². The summed E-state index contributed by atoms with van der Waals surface area (Å²) in [6.45, 7) is 8.92. The smallest absolute Gasteiger partial charge is 0.0867 e. The van der Waals surface area contributed by atoms with Gasteiger partial charge in [-0.2, -0.15) is 0 Å². The van der Waals surface area contributed by atoms with Crippen LogP contribution in [0.15, 0.2) is 42.6 Å². The van der Waals surface area contributed by atoms with E-state index in [1.54, 1.807) is 0 Å². The summed E-state index contributed by atoms with van der Waals surface area (Å²) in [6.07, 6.45) is 10.7. The van der Waals surface area contributed by atoms with Crippen LogP contribution in [0, 0.1) is 5.41 Å². The molecule has 1 heterocycles. The van der Waals surface area contributed by atoms with E-state index in [9.17, 15) is 0 Å². The molecule has 1 aromatic carbocycles. The second kappa shape index (κ2) is 5.66. The molecule has 2 heteroatoms. The Morgan fingerprint density at radius 2 is 2.00 bits per heavy atom. The molecule has 0 aromatic heterocycles. The fourth-order valence-corrected chi connectivity index (χ4v) is 2.66. The molecule has 0 saturated heterocycles. The number of nitrogens with zero attached hydrogens (tertiary/aromatic N) is 1. The molecular formula is C18H24N2. The van der Waals surface area contributed by atoms with Crippen molar-refractivity contribution in [1.29, 1.82) is 5.41 Å². The minimum atomic E-state index is 0.00815. The van der Waals surface area contributed by atoms with Crippen LogP contribution in [0.1, 0.15) is 38.8 Å². The quantitative estimate of drug-likeness (QED) is 0.805. The Morgan fingerprint density at radius 1 is 1.25 bits per heavy atom. The molecule has 0 fully saturated rings. The van der Waals surface area contributed by atoms with Gasteiger partial charge in [0.05, 0.1) is 6.04 Å². The summed E-state index contributed by atoms with van der Waals surface area (Å²) < 4.78 is 0. The average molecular weight is 268 g/mol. The molecule has 1 atom stereocenters. The third-order valence-corrected chi connectivity index (χ3v) is 3.72. The molecule has 0 radical (unpaired) electrons. The van der Waals surface area contributed by atoms with E-state index >= 15 is 0 Å². The predicted octanol–water partition coefficient (Wildman–Crippen LogP) is 4.45. The molecule has 2 nitrogen and oxygen atoms in total. The van der Waals surface area contributed by atoms with Crippen LogP contribution < -0.4 is 4.90 Å². The van der Waals surface area contributed by atoms with Crippen LogP contribution in [-0.2, 0) is 11.8 Å². The van der Waals surface area contributed by atoms with Crippen molar-refractivity contribution in [2.24, 2.45) is 0 Å². The summed E-state index contributed by atoms with van der Waals surface area (Å²) in [5.41, 5.74) is 4.02. The maximum absolute atomic E-state index is 7.68. The van der Waals surface area contributed by atoms with Gasteiger partial charge in [-0.15, -0.1) is 0 Å². The van der Waals surface area contributed by atoms with Gasteiger partial charge in [-0.1, -0.05) is 58.0 Å². The fourth-order valence-electron chi connectivity index (χ4n) is 2.66. The van der Waals surface area contributed by atoms with Gasteiger partial charge in [-0.3, -0.25) is 0 Å². The highest BCUT2D eigenvalue weighted by molar-refractivity contribution is 5.76. The molecule has 0 aliphatic carbocycles. The van der Waals surface area contributed by atoms with E-state index in [-0.39, 0.29) is 11.5 Å². The second-order valence-corrected chi connectivity index (χ2v) is 6.21. The minimum absolute atomic E-state index is 0.00815. The van der Waals surface area contributed by atoms with Crippen LogP contribution in [0.2, 0.25) is 0 Å². The Labute approximate surface area is 122 Å². The number of hydrogen-bond acceptors (Lipinski definition) is 2. The van der Waals surface area contributed by atoms with Crippen molar-refractivity contribution in [3.05, 3.63) is 53.8 Å². The first-order chi connectivity index (χ1) is 9.49. The Morgan fingerprint density at radius 3 is 2.60 bits per heavy atom. The molecule has 1 aromatic rings. The van der Waals surface area contributed by atoms with Gasteiger partial charge < -0.3 is 10.3 Å². The summed E-state index contributed by atoms with van der Waals surface area (Å²) >= 11 is 0. The van der Waals surface area contributed by atoms with Gasteiger partial charge in [0.15, 0.2) is 0 Å². The van der Waals surface area contributed by atoms with E-state index < -0.39 is 0 Å². The second-order valence-electron chi connectivity index (χ2n) is 6.21. The molecule has 1 unspecified atom stereocenters. The van der Waals surface area contributed by atoms with Crippen molar-refractivity contribution >= 4 is 11.9 Å². The zero-order valence-electron chi connectivity index (χ0n) is 12.9. The molecule has 0 bridgehead atoms. The predicted molar refractivity (Wildman–Crippen MR) is 87.9 cm³/mol. The average Bonchev–Trinajstić information content (AvgIpc) is 2.45. The van der Waals surface area contributed by atoms with E-state index in [2.05, 4.69) is 63.1 Å². The lowest BCUT2D eigenvalue weighted by atomic mass is 9.83. The monoisotopic (exact) mass is 268 g/mol. The topological polar surface area (TPSA) is 27.1 Å². The van der Waals surface area contributed by atoms with E-state index in [0.717, 1.165) is 6.42 Å². The number of hydrogen-bond donors (Lipinski definition) is 1. The summed E-state index contributed by atoms with van der Waals surface area (Å²) in [5.74, 6) is 0. The van der Waals surface area contributed by atoms with Crippen molar-refractivity contribution < 1.29 is 0 Å². The van der Waals surface area contributed by atoms with Gasteiger partial charge in [0.25, 0.3) is 0 Å². The molecule has 0 spiro atoms. The molecule has 20 heavy (non-hydrogen) atoms. The van der Waals surface area contributed by atoms with E-state index in [4.69, 9.17) is 5.41 Å². The van der Waals surface area contributed by atoms with Gasteiger partial charge in [-0.05, 0) is 29.0 Å². The lowest BCUT2D eigenvalue weighted by Crippen LogP contribution is -2.34. The molecular weight excluding hydrogens is 244 g/mol. The minimum Gasteiger partial charge on any atom is -0.336 e. The van der Waals surface area contributed by atoms with E-state index in [1.165, 1.54) is 23.0 Å². The lowest BCUT2D eigenvalue weighted by molar-refractivity contribution is 0.588.